The van der Waals surface area contributed by atoms with Crippen LogP contribution in [0, 0.1) is 11.8 Å². The largest absolute Gasteiger partial charge is 0.507 e. The lowest BCUT2D eigenvalue weighted by Crippen LogP contribution is -2.63. The van der Waals surface area contributed by atoms with E-state index in [1.165, 1.54) is 0 Å². The van der Waals surface area contributed by atoms with Crippen LogP contribution in [-0.2, 0) is 24.4 Å². The first-order valence-electron chi connectivity index (χ1n) is 16.3. The molecule has 4 aromatic rings. The molecule has 11 heteroatoms. The van der Waals surface area contributed by atoms with Crippen LogP contribution >= 0.6 is 0 Å². The Kier molecular flexibility index (Phi) is 7.13. The zero-order valence-electron chi connectivity index (χ0n) is 26.9. The third-order valence-corrected chi connectivity index (χ3v) is 10.5. The SMILES string of the molecule is COc1c2c(c(O)c3cc(CNC4CC4)ccc13)C(O)=C1C(=O)[C@]3(O)C(=O)c4c(OCc5ccccc5)noc4[C@@H](N(C)C)[C@@H]3C[C@@H]1C2. The molecule has 4 atom stereocenters. The number of Topliss-reactive ketones (excluding diaryl/α,β-unsaturated/α-hetero) is 2. The molecule has 4 aliphatic carbocycles. The van der Waals surface area contributed by atoms with Crippen LogP contribution in [0.25, 0.3) is 16.5 Å². The van der Waals surface area contributed by atoms with Gasteiger partial charge < -0.3 is 34.6 Å². The van der Waals surface area contributed by atoms with Crippen LogP contribution in [0.4, 0.5) is 0 Å². The van der Waals surface area contributed by atoms with Crippen molar-refractivity contribution >= 4 is 28.1 Å². The Labute approximate surface area is 276 Å². The van der Waals surface area contributed by atoms with Gasteiger partial charge in [0.1, 0.15) is 29.4 Å². The molecule has 0 bridgehead atoms. The van der Waals surface area contributed by atoms with Gasteiger partial charge in [0.2, 0.25) is 11.6 Å². The van der Waals surface area contributed by atoms with E-state index < -0.39 is 40.8 Å². The summed E-state index contributed by atoms with van der Waals surface area (Å²) in [6.45, 7) is 0.715. The summed E-state index contributed by atoms with van der Waals surface area (Å²) in [6.07, 6.45) is 2.70. The van der Waals surface area contributed by atoms with E-state index in [4.69, 9.17) is 14.0 Å². The molecule has 3 aromatic carbocycles. The number of hydrogen-bond donors (Lipinski definition) is 4. The highest BCUT2D eigenvalue weighted by atomic mass is 16.5. The molecule has 0 spiro atoms. The molecule has 1 heterocycles. The van der Waals surface area contributed by atoms with Crippen molar-refractivity contribution in [1.29, 1.82) is 0 Å². The van der Waals surface area contributed by atoms with E-state index in [9.17, 15) is 24.9 Å². The van der Waals surface area contributed by atoms with Crippen molar-refractivity contribution < 1.29 is 38.9 Å². The number of rotatable bonds is 8. The summed E-state index contributed by atoms with van der Waals surface area (Å²) < 4.78 is 17.5. The molecule has 11 nitrogen and oxygen atoms in total. The van der Waals surface area contributed by atoms with Gasteiger partial charge in [0.25, 0.3) is 5.88 Å². The van der Waals surface area contributed by atoms with E-state index in [1.807, 2.05) is 48.5 Å². The van der Waals surface area contributed by atoms with Gasteiger partial charge >= 0.3 is 0 Å². The van der Waals surface area contributed by atoms with Gasteiger partial charge in [-0.2, -0.15) is 0 Å². The summed E-state index contributed by atoms with van der Waals surface area (Å²) in [5, 5.41) is 44.6. The van der Waals surface area contributed by atoms with Crippen molar-refractivity contribution in [3.63, 3.8) is 0 Å². The highest BCUT2D eigenvalue weighted by Gasteiger charge is 2.65. The second-order valence-corrected chi connectivity index (χ2v) is 13.6. The zero-order valence-corrected chi connectivity index (χ0v) is 26.9. The monoisotopic (exact) mass is 651 g/mol. The van der Waals surface area contributed by atoms with Gasteiger partial charge in [-0.05, 0) is 68.0 Å². The number of carbonyl (C=O) groups is 2. The molecule has 4 aliphatic rings. The molecule has 2 fully saturated rings. The number of methoxy groups -OCH3 is 1. The lowest BCUT2D eigenvalue weighted by molar-refractivity contribution is -0.142. The molecular weight excluding hydrogens is 614 g/mol. The first kappa shape index (κ1) is 30.6. The van der Waals surface area contributed by atoms with Gasteiger partial charge in [0, 0.05) is 40.4 Å². The number of aliphatic hydroxyl groups excluding tert-OH is 1. The summed E-state index contributed by atoms with van der Waals surface area (Å²) in [4.78, 5) is 30.7. The number of phenolic OH excluding ortho intramolecular Hbond substituents is 1. The molecular formula is C37H37N3O8. The van der Waals surface area contributed by atoms with Crippen molar-refractivity contribution in [2.24, 2.45) is 11.8 Å². The maximum atomic E-state index is 14.6. The van der Waals surface area contributed by atoms with E-state index in [0.29, 0.717) is 34.7 Å². The Balaban J connectivity index is 1.23. The molecule has 0 unspecified atom stereocenters. The number of nitrogens with zero attached hydrogens (tertiary/aromatic N) is 2. The fourth-order valence-electron chi connectivity index (χ4n) is 8.02. The number of ketones is 2. The summed E-state index contributed by atoms with van der Waals surface area (Å²) in [6, 6.07) is 14.9. The van der Waals surface area contributed by atoms with Crippen LogP contribution in [0.1, 0.15) is 63.7 Å². The Morgan fingerprint density at radius 2 is 1.79 bits per heavy atom. The number of carbonyl (C=O) groups excluding carboxylic acids is 2. The van der Waals surface area contributed by atoms with Crippen LogP contribution in [-0.4, -0.2) is 69.8 Å². The normalized spacial score (nSPS) is 24.7. The van der Waals surface area contributed by atoms with Gasteiger partial charge in [0.15, 0.2) is 11.4 Å². The minimum Gasteiger partial charge on any atom is -0.507 e. The minimum atomic E-state index is -2.53. The van der Waals surface area contributed by atoms with E-state index in [2.05, 4.69) is 10.5 Å². The lowest BCUT2D eigenvalue weighted by Gasteiger charge is -2.49. The fraction of sp³-hybridized carbons (Fsp3) is 0.378. The highest BCUT2D eigenvalue weighted by molar-refractivity contribution is 6.26. The van der Waals surface area contributed by atoms with E-state index in [-0.39, 0.29) is 53.5 Å². The van der Waals surface area contributed by atoms with Gasteiger partial charge in [-0.1, -0.05) is 42.5 Å². The Hall–Kier alpha value is -4.71. The first-order chi connectivity index (χ1) is 23.1. The molecule has 8 rings (SSSR count). The highest BCUT2D eigenvalue weighted by Crippen LogP contribution is 2.57. The molecule has 0 amide bonds. The average Bonchev–Trinajstić information content (AvgIpc) is 3.82. The maximum absolute atomic E-state index is 14.6. The van der Waals surface area contributed by atoms with Crippen LogP contribution < -0.4 is 14.8 Å². The van der Waals surface area contributed by atoms with Crippen molar-refractivity contribution in [2.45, 2.75) is 56.5 Å². The average molecular weight is 652 g/mol. The van der Waals surface area contributed by atoms with Crippen molar-refractivity contribution in [2.75, 3.05) is 21.2 Å². The summed E-state index contributed by atoms with van der Waals surface area (Å²) in [5.74, 6) is -3.30. The number of ether oxygens (including phenoxy) is 2. The van der Waals surface area contributed by atoms with Crippen LogP contribution in [0.15, 0.2) is 58.6 Å². The predicted octanol–water partition coefficient (Wildman–Crippen LogP) is 4.63. The van der Waals surface area contributed by atoms with Crippen LogP contribution in [0.3, 0.4) is 0 Å². The molecule has 0 aliphatic heterocycles. The molecule has 48 heavy (non-hydrogen) atoms. The number of hydrogen-bond acceptors (Lipinski definition) is 11. The van der Waals surface area contributed by atoms with Gasteiger partial charge in [0.05, 0.1) is 18.7 Å². The number of aromatic nitrogens is 1. The van der Waals surface area contributed by atoms with Crippen molar-refractivity contribution in [1.82, 2.24) is 15.4 Å². The predicted molar refractivity (Wildman–Crippen MR) is 175 cm³/mol. The van der Waals surface area contributed by atoms with Crippen molar-refractivity contribution in [3.05, 3.63) is 87.7 Å². The third-order valence-electron chi connectivity index (χ3n) is 10.5. The second-order valence-electron chi connectivity index (χ2n) is 13.6. The molecule has 1 aromatic heterocycles. The summed E-state index contributed by atoms with van der Waals surface area (Å²) >= 11 is 0. The molecule has 4 N–H and O–H groups in total. The van der Waals surface area contributed by atoms with E-state index in [1.54, 1.807) is 26.1 Å². The van der Waals surface area contributed by atoms with Crippen LogP contribution in [0.2, 0.25) is 0 Å². The Morgan fingerprint density at radius 1 is 1.02 bits per heavy atom. The minimum absolute atomic E-state index is 0.0815. The number of aromatic hydroxyl groups is 1. The summed E-state index contributed by atoms with van der Waals surface area (Å²) in [5.41, 5.74) is -0.269. The summed E-state index contributed by atoms with van der Waals surface area (Å²) in [7, 11) is 5.10. The molecule has 0 radical (unpaired) electrons. The number of phenols is 1. The van der Waals surface area contributed by atoms with Gasteiger partial charge in [-0.15, -0.1) is 0 Å². The first-order valence-corrected chi connectivity index (χ1v) is 16.3. The second kappa shape index (κ2) is 11.2. The lowest BCUT2D eigenvalue weighted by atomic mass is 9.57. The number of nitrogens with one attached hydrogen (secondary N) is 1. The topological polar surface area (TPSA) is 155 Å². The van der Waals surface area contributed by atoms with Crippen LogP contribution in [0.5, 0.6) is 17.4 Å². The molecule has 0 saturated heterocycles. The zero-order chi connectivity index (χ0) is 33.5. The van der Waals surface area contributed by atoms with E-state index >= 15 is 0 Å². The number of fused-ring (bicyclic) bond motifs is 5. The quantitative estimate of drug-likeness (QED) is 0.197. The van der Waals surface area contributed by atoms with E-state index in [0.717, 1.165) is 24.0 Å². The number of aliphatic hydroxyl groups is 2. The maximum Gasteiger partial charge on any atom is 0.265 e. The van der Waals surface area contributed by atoms with Gasteiger partial charge in [-0.3, -0.25) is 14.5 Å². The fourth-order valence-corrected chi connectivity index (χ4v) is 8.02. The Morgan fingerprint density at radius 3 is 2.50 bits per heavy atom. The third kappa shape index (κ3) is 4.48. The standard InChI is InChI=1S/C37H37N3O8/c1-40(2)29-25-15-20-14-24-27(30(41)23-13-19(16-38-21-10-11-21)9-12-22(23)32(24)46-3)31(42)26(20)34(43)37(25,45)35(44)28-33(29)48-39-36(28)47-17-18-7-5-4-6-8-18/h4-9,12-13,20-21,25,29,38,41-42,45H,10-11,14-17H2,1-3H3/t20-,25-,29-,37-/m0/s1. The number of benzene rings is 3. The molecule has 248 valence electrons. The molecule has 2 saturated carbocycles. The van der Waals surface area contributed by atoms with Gasteiger partial charge in [-0.25, -0.2) is 0 Å². The van der Waals surface area contributed by atoms with Crippen molar-refractivity contribution in [3.8, 4) is 17.4 Å². The smallest absolute Gasteiger partial charge is 0.265 e. The Bertz CT molecular complexity index is 2010.